The number of nitrogens with one attached hydrogen (secondary N) is 2. The third kappa shape index (κ3) is 3.44. The van der Waals surface area contributed by atoms with E-state index in [0.717, 1.165) is 19.3 Å². The van der Waals surface area contributed by atoms with Crippen molar-refractivity contribution in [3.8, 4) is 0 Å². The fourth-order valence-electron chi connectivity index (χ4n) is 2.00. The molecule has 1 amide bonds. The van der Waals surface area contributed by atoms with E-state index in [1.165, 1.54) is 6.20 Å². The van der Waals surface area contributed by atoms with Gasteiger partial charge in [0.25, 0.3) is 0 Å². The zero-order chi connectivity index (χ0) is 13.7. The van der Waals surface area contributed by atoms with Crippen LogP contribution in [0.1, 0.15) is 31.2 Å². The fraction of sp³-hybridized carbons (Fsp3) is 0.545. The number of rotatable bonds is 4. The lowest BCUT2D eigenvalue weighted by molar-refractivity contribution is -0.119. The van der Waals surface area contributed by atoms with Crippen LogP contribution in [0.3, 0.4) is 0 Å². The first-order valence-electron chi connectivity index (χ1n) is 6.13. The molecule has 1 fully saturated rings. The molecule has 8 nitrogen and oxygen atoms in total. The van der Waals surface area contributed by atoms with E-state index in [0.29, 0.717) is 18.0 Å². The summed E-state index contributed by atoms with van der Waals surface area (Å²) in [5, 5.41) is 20.5. The van der Waals surface area contributed by atoms with Gasteiger partial charge in [0.2, 0.25) is 5.91 Å². The molecular weight excluding hydrogens is 250 g/mol. The number of carbonyl (C=O) groups is 1. The fourth-order valence-corrected chi connectivity index (χ4v) is 2.00. The van der Waals surface area contributed by atoms with Crippen molar-refractivity contribution in [2.75, 3.05) is 11.9 Å². The summed E-state index contributed by atoms with van der Waals surface area (Å²) >= 11 is 0. The molecule has 1 aromatic heterocycles. The summed E-state index contributed by atoms with van der Waals surface area (Å²) in [6.07, 6.45) is 4.65. The maximum absolute atomic E-state index is 11.9. The number of anilines is 1. The van der Waals surface area contributed by atoms with Crippen molar-refractivity contribution >= 4 is 17.6 Å². The maximum Gasteiger partial charge on any atom is 0.228 e. The smallest absolute Gasteiger partial charge is 0.228 e. The summed E-state index contributed by atoms with van der Waals surface area (Å²) in [5.74, 6) is 0.0113. The number of amides is 1. The Morgan fingerprint density at radius 3 is 3.21 bits per heavy atom. The van der Waals surface area contributed by atoms with Gasteiger partial charge in [-0.2, -0.15) is 5.10 Å². The number of nitrogens with two attached hydrogens (primary N) is 1. The Labute approximate surface area is 110 Å². The van der Waals surface area contributed by atoms with Crippen LogP contribution in [0.15, 0.2) is 11.4 Å². The summed E-state index contributed by atoms with van der Waals surface area (Å²) in [6, 6.07) is 0. The molecule has 1 aliphatic rings. The summed E-state index contributed by atoms with van der Waals surface area (Å²) < 4.78 is 5.49. The number of aromatic amines is 1. The Morgan fingerprint density at radius 1 is 1.68 bits per heavy atom. The van der Waals surface area contributed by atoms with E-state index in [1.807, 2.05) is 0 Å². The number of amidine groups is 1. The molecule has 1 atom stereocenters. The van der Waals surface area contributed by atoms with Gasteiger partial charge in [0.05, 0.1) is 24.3 Å². The highest BCUT2D eigenvalue weighted by Crippen LogP contribution is 2.17. The standard InChI is InChI=1S/C11H17N5O3/c12-10(16-18)8-6-13-15-11(8)14-9(17)5-7-3-1-2-4-19-7/h6-7,18H,1-5H2,(H2,12,16)(H2,13,14,15,17). The Hall–Kier alpha value is -2.09. The molecule has 1 unspecified atom stereocenters. The van der Waals surface area contributed by atoms with Crippen LogP contribution in [0.4, 0.5) is 5.82 Å². The number of nitrogens with zero attached hydrogens (tertiary/aromatic N) is 2. The van der Waals surface area contributed by atoms with Crippen molar-refractivity contribution in [2.24, 2.45) is 10.9 Å². The lowest BCUT2D eigenvalue weighted by atomic mass is 10.1. The molecule has 8 heteroatoms. The van der Waals surface area contributed by atoms with Crippen molar-refractivity contribution in [1.82, 2.24) is 10.2 Å². The number of hydrogen-bond acceptors (Lipinski definition) is 5. The molecule has 5 N–H and O–H groups in total. The minimum atomic E-state index is -0.192. The highest BCUT2D eigenvalue weighted by atomic mass is 16.5. The number of hydrogen-bond donors (Lipinski definition) is 4. The van der Waals surface area contributed by atoms with Crippen LogP contribution in [0.5, 0.6) is 0 Å². The Balaban J connectivity index is 1.93. The number of aromatic nitrogens is 2. The second-order valence-corrected chi connectivity index (χ2v) is 4.38. The van der Waals surface area contributed by atoms with E-state index < -0.39 is 0 Å². The first kappa shape index (κ1) is 13.3. The molecule has 1 aliphatic heterocycles. The van der Waals surface area contributed by atoms with Gasteiger partial charge in [-0.05, 0) is 19.3 Å². The van der Waals surface area contributed by atoms with Crippen LogP contribution in [0, 0.1) is 0 Å². The van der Waals surface area contributed by atoms with Crippen LogP contribution in [0.2, 0.25) is 0 Å². The van der Waals surface area contributed by atoms with Gasteiger partial charge in [0, 0.05) is 6.61 Å². The average molecular weight is 267 g/mol. The van der Waals surface area contributed by atoms with Gasteiger partial charge in [-0.15, -0.1) is 0 Å². The Bertz CT molecular complexity index is 465. The minimum absolute atomic E-state index is 0.0380. The predicted molar refractivity (Wildman–Crippen MR) is 67.9 cm³/mol. The second-order valence-electron chi connectivity index (χ2n) is 4.38. The number of H-pyrrole nitrogens is 1. The van der Waals surface area contributed by atoms with Crippen molar-refractivity contribution in [2.45, 2.75) is 31.8 Å². The third-order valence-electron chi connectivity index (χ3n) is 2.97. The lowest BCUT2D eigenvalue weighted by Gasteiger charge is -2.21. The van der Waals surface area contributed by atoms with Crippen LogP contribution < -0.4 is 11.1 Å². The molecule has 1 aromatic rings. The molecule has 1 saturated heterocycles. The summed E-state index contributed by atoms with van der Waals surface area (Å²) in [5.41, 5.74) is 5.81. The van der Waals surface area contributed by atoms with Gasteiger partial charge in [0.15, 0.2) is 5.84 Å². The van der Waals surface area contributed by atoms with E-state index in [4.69, 9.17) is 15.7 Å². The Kier molecular flexibility index (Phi) is 4.35. The van der Waals surface area contributed by atoms with E-state index >= 15 is 0 Å². The zero-order valence-electron chi connectivity index (χ0n) is 10.4. The number of oxime groups is 1. The largest absolute Gasteiger partial charge is 0.409 e. The molecule has 2 rings (SSSR count). The SMILES string of the molecule is NC(=NO)c1cn[nH]c1NC(=O)CC1CCCCO1. The van der Waals surface area contributed by atoms with Gasteiger partial charge in [-0.25, -0.2) is 0 Å². The molecule has 0 aliphatic carbocycles. The van der Waals surface area contributed by atoms with Crippen LogP contribution in [0.25, 0.3) is 0 Å². The molecule has 0 radical (unpaired) electrons. The normalized spacial score (nSPS) is 20.2. The molecule has 0 aromatic carbocycles. The number of carbonyl (C=O) groups excluding carboxylic acids is 1. The van der Waals surface area contributed by atoms with Gasteiger partial charge in [-0.3, -0.25) is 9.89 Å². The zero-order valence-corrected chi connectivity index (χ0v) is 10.4. The molecular formula is C11H17N5O3. The van der Waals surface area contributed by atoms with E-state index in [-0.39, 0.29) is 24.3 Å². The summed E-state index contributed by atoms with van der Waals surface area (Å²) in [7, 11) is 0. The monoisotopic (exact) mass is 267 g/mol. The van der Waals surface area contributed by atoms with E-state index in [1.54, 1.807) is 0 Å². The van der Waals surface area contributed by atoms with Crippen molar-refractivity contribution in [3.63, 3.8) is 0 Å². The summed E-state index contributed by atoms with van der Waals surface area (Å²) in [4.78, 5) is 11.9. The molecule has 0 saturated carbocycles. The topological polar surface area (TPSA) is 126 Å². The first-order valence-corrected chi connectivity index (χ1v) is 6.13. The predicted octanol–water partition coefficient (Wildman–Crippen LogP) is 0.402. The third-order valence-corrected chi connectivity index (χ3v) is 2.97. The molecule has 19 heavy (non-hydrogen) atoms. The second kappa shape index (κ2) is 6.19. The molecule has 104 valence electrons. The molecule has 2 heterocycles. The van der Waals surface area contributed by atoms with Crippen LogP contribution in [-0.4, -0.2) is 39.9 Å². The van der Waals surface area contributed by atoms with E-state index in [9.17, 15) is 4.79 Å². The summed E-state index contributed by atoms with van der Waals surface area (Å²) in [6.45, 7) is 0.706. The van der Waals surface area contributed by atoms with Crippen molar-refractivity contribution in [3.05, 3.63) is 11.8 Å². The first-order chi connectivity index (χ1) is 9.20. The van der Waals surface area contributed by atoms with Gasteiger partial charge >= 0.3 is 0 Å². The van der Waals surface area contributed by atoms with E-state index in [2.05, 4.69) is 20.7 Å². The highest BCUT2D eigenvalue weighted by Gasteiger charge is 2.19. The van der Waals surface area contributed by atoms with Crippen LogP contribution >= 0.6 is 0 Å². The van der Waals surface area contributed by atoms with Crippen molar-refractivity contribution in [1.29, 1.82) is 0 Å². The van der Waals surface area contributed by atoms with Crippen LogP contribution in [-0.2, 0) is 9.53 Å². The Morgan fingerprint density at radius 2 is 2.53 bits per heavy atom. The average Bonchev–Trinajstić information content (AvgIpc) is 2.87. The van der Waals surface area contributed by atoms with Gasteiger partial charge in [-0.1, -0.05) is 5.16 Å². The lowest BCUT2D eigenvalue weighted by Crippen LogP contribution is -2.26. The van der Waals surface area contributed by atoms with Crippen molar-refractivity contribution < 1.29 is 14.7 Å². The minimum Gasteiger partial charge on any atom is -0.409 e. The highest BCUT2D eigenvalue weighted by molar-refractivity contribution is 6.04. The maximum atomic E-state index is 11.9. The number of ether oxygens (including phenoxy) is 1. The molecule has 0 bridgehead atoms. The quantitative estimate of drug-likeness (QED) is 0.272. The van der Waals surface area contributed by atoms with Gasteiger partial charge in [0.1, 0.15) is 5.82 Å². The molecule has 0 spiro atoms. The van der Waals surface area contributed by atoms with Gasteiger partial charge < -0.3 is 21.0 Å².